The van der Waals surface area contributed by atoms with Gasteiger partial charge in [0.2, 0.25) is 0 Å². The molecule has 2 N–H and O–H groups in total. The second-order valence-electron chi connectivity index (χ2n) is 5.29. The van der Waals surface area contributed by atoms with Gasteiger partial charge < -0.3 is 5.73 Å². The molecular weight excluding hydrogens is 298 g/mol. The van der Waals surface area contributed by atoms with Crippen molar-refractivity contribution in [3.05, 3.63) is 0 Å². The largest absolute Gasteiger partial charge is 0.333 e. The summed E-state index contributed by atoms with van der Waals surface area (Å²) in [4.78, 5) is 0. The van der Waals surface area contributed by atoms with E-state index in [1.54, 1.807) is 0 Å². The van der Waals surface area contributed by atoms with Crippen molar-refractivity contribution in [2.75, 3.05) is 12.4 Å². The van der Waals surface area contributed by atoms with E-state index in [0.29, 0.717) is 0 Å². The van der Waals surface area contributed by atoms with Crippen LogP contribution in [-0.4, -0.2) is 12.4 Å². The van der Waals surface area contributed by atoms with Crippen molar-refractivity contribution in [2.24, 2.45) is 5.73 Å². The molecule has 0 amide bonds. The van der Waals surface area contributed by atoms with Crippen LogP contribution in [0.3, 0.4) is 0 Å². The Kier molecular flexibility index (Phi) is 26.9. The fraction of sp³-hybridized carbons (Fsp3) is 1.00. The van der Waals surface area contributed by atoms with E-state index in [1.165, 1.54) is 102 Å². The maximum absolute atomic E-state index is 4.50. The minimum atomic E-state index is 1.19. The first-order valence-electron chi connectivity index (χ1n) is 8.55. The molecule has 0 aromatic heterocycles. The fourth-order valence-corrected chi connectivity index (χ4v) is 2.69. The Balaban J connectivity index is 0. The summed E-state index contributed by atoms with van der Waals surface area (Å²) in [5.41, 5.74) is 4.50. The SMILES string of the molecule is CCCCCCCCCCCCCCCCBr.CN. The van der Waals surface area contributed by atoms with Crippen LogP contribution in [0, 0.1) is 0 Å². The molecule has 1 nitrogen and oxygen atoms in total. The molecule has 0 spiro atoms. The third-order valence-corrected chi connectivity index (χ3v) is 4.05. The van der Waals surface area contributed by atoms with Crippen molar-refractivity contribution in [1.29, 1.82) is 0 Å². The molecule has 0 saturated heterocycles. The first kappa shape index (κ1) is 21.7. The number of hydrogen-bond donors (Lipinski definition) is 1. The van der Waals surface area contributed by atoms with E-state index >= 15 is 0 Å². The van der Waals surface area contributed by atoms with E-state index in [-0.39, 0.29) is 0 Å². The number of nitrogens with two attached hydrogens (primary N) is 1. The third-order valence-electron chi connectivity index (χ3n) is 3.49. The highest BCUT2D eigenvalue weighted by atomic mass is 79.9. The summed E-state index contributed by atoms with van der Waals surface area (Å²) in [5, 5.41) is 1.19. The zero-order valence-corrected chi connectivity index (χ0v) is 15.1. The molecule has 0 aliphatic carbocycles. The molecule has 0 bridgehead atoms. The monoisotopic (exact) mass is 335 g/mol. The number of alkyl halides is 1. The van der Waals surface area contributed by atoms with Crippen LogP contribution in [0.1, 0.15) is 96.8 Å². The lowest BCUT2D eigenvalue weighted by Gasteiger charge is -2.02. The summed E-state index contributed by atoms with van der Waals surface area (Å²) in [7, 11) is 1.50. The van der Waals surface area contributed by atoms with Crippen LogP contribution in [0.5, 0.6) is 0 Å². The van der Waals surface area contributed by atoms with Gasteiger partial charge in [-0.2, -0.15) is 0 Å². The van der Waals surface area contributed by atoms with Crippen molar-refractivity contribution < 1.29 is 0 Å². The summed E-state index contributed by atoms with van der Waals surface area (Å²) in [5.74, 6) is 0. The minimum Gasteiger partial charge on any atom is -0.333 e. The minimum absolute atomic E-state index is 1.19. The smallest absolute Gasteiger partial charge is 0.00313 e. The van der Waals surface area contributed by atoms with Gasteiger partial charge in [0.1, 0.15) is 0 Å². The van der Waals surface area contributed by atoms with E-state index in [0.717, 1.165) is 0 Å². The van der Waals surface area contributed by atoms with Crippen molar-refractivity contribution in [3.8, 4) is 0 Å². The molecule has 0 aliphatic heterocycles. The molecule has 0 saturated carbocycles. The predicted octanol–water partition coefficient (Wildman–Crippen LogP) is 6.44. The van der Waals surface area contributed by atoms with Gasteiger partial charge >= 0.3 is 0 Å². The van der Waals surface area contributed by atoms with Crippen molar-refractivity contribution in [1.82, 2.24) is 0 Å². The molecule has 0 rings (SSSR count). The van der Waals surface area contributed by atoms with Crippen LogP contribution in [0.4, 0.5) is 0 Å². The lowest BCUT2D eigenvalue weighted by atomic mass is 10.0. The van der Waals surface area contributed by atoms with Crippen LogP contribution in [0.25, 0.3) is 0 Å². The first-order valence-corrected chi connectivity index (χ1v) is 9.67. The highest BCUT2D eigenvalue weighted by Crippen LogP contribution is 2.12. The predicted molar refractivity (Wildman–Crippen MR) is 94.2 cm³/mol. The van der Waals surface area contributed by atoms with Gasteiger partial charge in [-0.1, -0.05) is 106 Å². The molecule has 0 aromatic rings. The number of rotatable bonds is 14. The molecule has 0 fully saturated rings. The van der Waals surface area contributed by atoms with E-state index in [9.17, 15) is 0 Å². The Morgan fingerprint density at radius 3 is 1.05 bits per heavy atom. The van der Waals surface area contributed by atoms with E-state index in [2.05, 4.69) is 28.6 Å². The molecule has 0 heterocycles. The molecule has 0 aliphatic rings. The first-order chi connectivity index (χ1) is 9.41. The maximum atomic E-state index is 4.50. The van der Waals surface area contributed by atoms with Crippen LogP contribution < -0.4 is 5.73 Å². The summed E-state index contributed by atoms with van der Waals surface area (Å²) in [6, 6.07) is 0. The van der Waals surface area contributed by atoms with Gasteiger partial charge in [0, 0.05) is 5.33 Å². The molecule has 0 atom stereocenters. The van der Waals surface area contributed by atoms with Gasteiger partial charge in [0.25, 0.3) is 0 Å². The molecule has 0 aromatic carbocycles. The topological polar surface area (TPSA) is 26.0 Å². The lowest BCUT2D eigenvalue weighted by Crippen LogP contribution is -1.83. The zero-order chi connectivity index (χ0) is 14.6. The van der Waals surface area contributed by atoms with Crippen LogP contribution in [0.2, 0.25) is 0 Å². The second kappa shape index (κ2) is 23.5. The highest BCUT2D eigenvalue weighted by Gasteiger charge is 1.93. The summed E-state index contributed by atoms with van der Waals surface area (Å²) in [6.45, 7) is 2.29. The molecular formula is C17H38BrN. The van der Waals surface area contributed by atoms with E-state index < -0.39 is 0 Å². The van der Waals surface area contributed by atoms with Gasteiger partial charge in [0.05, 0.1) is 0 Å². The number of halogens is 1. The van der Waals surface area contributed by atoms with Crippen LogP contribution in [-0.2, 0) is 0 Å². The Morgan fingerprint density at radius 2 is 0.789 bits per heavy atom. The summed E-state index contributed by atoms with van der Waals surface area (Å²) < 4.78 is 0. The maximum Gasteiger partial charge on any atom is 0.00313 e. The second-order valence-corrected chi connectivity index (χ2v) is 6.08. The van der Waals surface area contributed by atoms with E-state index in [4.69, 9.17) is 0 Å². The molecule has 2 heteroatoms. The van der Waals surface area contributed by atoms with Gasteiger partial charge in [-0.05, 0) is 13.5 Å². The van der Waals surface area contributed by atoms with Crippen LogP contribution in [0.15, 0.2) is 0 Å². The molecule has 0 radical (unpaired) electrons. The molecule has 0 unspecified atom stereocenters. The van der Waals surface area contributed by atoms with Gasteiger partial charge in [-0.3, -0.25) is 0 Å². The average molecular weight is 336 g/mol. The lowest BCUT2D eigenvalue weighted by molar-refractivity contribution is 0.538. The van der Waals surface area contributed by atoms with Gasteiger partial charge in [-0.25, -0.2) is 0 Å². The number of unbranched alkanes of at least 4 members (excludes halogenated alkanes) is 13. The highest BCUT2D eigenvalue weighted by molar-refractivity contribution is 9.09. The zero-order valence-electron chi connectivity index (χ0n) is 13.6. The Labute approximate surface area is 131 Å². The Morgan fingerprint density at radius 1 is 0.526 bits per heavy atom. The standard InChI is InChI=1S/C16H33Br.CH5N/c1-2-3-4-5-6-7-8-9-10-11-12-13-14-15-16-17;1-2/h2-16H2,1H3;2H2,1H3. The third kappa shape index (κ3) is 23.9. The van der Waals surface area contributed by atoms with Gasteiger partial charge in [0.15, 0.2) is 0 Å². The van der Waals surface area contributed by atoms with Crippen molar-refractivity contribution in [3.63, 3.8) is 0 Å². The summed E-state index contributed by atoms with van der Waals surface area (Å²) in [6.07, 6.45) is 20.3. The fourth-order valence-electron chi connectivity index (χ4n) is 2.29. The molecule has 118 valence electrons. The quantitative estimate of drug-likeness (QED) is 0.287. The Bertz CT molecular complexity index is 114. The molecule has 19 heavy (non-hydrogen) atoms. The van der Waals surface area contributed by atoms with Crippen LogP contribution >= 0.6 is 15.9 Å². The Hall–Kier alpha value is 0.440. The van der Waals surface area contributed by atoms with E-state index in [1.807, 2.05) is 0 Å². The number of hydrogen-bond acceptors (Lipinski definition) is 1. The average Bonchev–Trinajstić information content (AvgIpc) is 2.46. The normalized spacial score (nSPS) is 10.1. The van der Waals surface area contributed by atoms with Crippen molar-refractivity contribution >= 4 is 15.9 Å². The summed E-state index contributed by atoms with van der Waals surface area (Å²) >= 11 is 3.48. The van der Waals surface area contributed by atoms with Gasteiger partial charge in [-0.15, -0.1) is 0 Å². The van der Waals surface area contributed by atoms with Crippen molar-refractivity contribution in [2.45, 2.75) is 96.8 Å².